The molecule has 0 unspecified atom stereocenters. The molecule has 0 spiro atoms. The molecule has 0 amide bonds. The number of aromatic nitrogens is 1. The van der Waals surface area contributed by atoms with Gasteiger partial charge in [-0.2, -0.15) is 0 Å². The Morgan fingerprint density at radius 3 is 2.65 bits per heavy atom. The molecule has 0 saturated heterocycles. The predicted molar refractivity (Wildman–Crippen MR) is 80.2 cm³/mol. The molecule has 0 aliphatic heterocycles. The number of carbonyl (C=O) groups is 1. The van der Waals surface area contributed by atoms with Crippen LogP contribution >= 0.6 is 22.9 Å². The largest absolute Gasteiger partial charge is 0.495 e. The van der Waals surface area contributed by atoms with Crippen LogP contribution < -0.4 is 4.74 Å². The zero-order valence-corrected chi connectivity index (χ0v) is 12.9. The van der Waals surface area contributed by atoms with E-state index in [2.05, 4.69) is 4.98 Å². The molecular weight excluding hydrogens is 298 g/mol. The topological polar surface area (TPSA) is 59.4 Å². The Bertz CT molecular complexity index is 652. The Kier molecular flexibility index (Phi) is 4.30. The van der Waals surface area contributed by atoms with Crippen molar-refractivity contribution >= 4 is 28.9 Å². The number of hydrogen-bond acceptors (Lipinski definition) is 4. The van der Waals surface area contributed by atoms with Gasteiger partial charge in [0.2, 0.25) is 0 Å². The number of aromatic carboxylic acids is 1. The molecule has 0 saturated carbocycles. The highest BCUT2D eigenvalue weighted by Gasteiger charge is 2.20. The van der Waals surface area contributed by atoms with E-state index in [1.54, 1.807) is 18.2 Å². The van der Waals surface area contributed by atoms with Gasteiger partial charge in [0.1, 0.15) is 5.75 Å². The van der Waals surface area contributed by atoms with Gasteiger partial charge in [0.15, 0.2) is 5.69 Å². The summed E-state index contributed by atoms with van der Waals surface area (Å²) in [7, 11) is 1.53. The third-order valence-electron chi connectivity index (χ3n) is 2.75. The molecule has 0 atom stereocenters. The lowest BCUT2D eigenvalue weighted by molar-refractivity contribution is 0.0692. The molecule has 2 rings (SSSR count). The number of hydrogen-bond donors (Lipinski definition) is 1. The van der Waals surface area contributed by atoms with E-state index >= 15 is 0 Å². The van der Waals surface area contributed by atoms with Crippen molar-refractivity contribution in [1.82, 2.24) is 4.98 Å². The second-order valence-corrected chi connectivity index (χ2v) is 5.98. The summed E-state index contributed by atoms with van der Waals surface area (Å²) in [6.07, 6.45) is 0. The van der Waals surface area contributed by atoms with Crippen LogP contribution in [0.3, 0.4) is 0 Å². The zero-order chi connectivity index (χ0) is 14.9. The van der Waals surface area contributed by atoms with Crippen LogP contribution in [0.5, 0.6) is 5.75 Å². The van der Waals surface area contributed by atoms with E-state index in [-0.39, 0.29) is 11.6 Å². The van der Waals surface area contributed by atoms with E-state index < -0.39 is 5.97 Å². The number of thiazole rings is 1. The number of nitrogens with zero attached hydrogens (tertiary/aromatic N) is 1. The second-order valence-electron chi connectivity index (χ2n) is 4.54. The number of methoxy groups -OCH3 is 1. The first kappa shape index (κ1) is 14.8. The van der Waals surface area contributed by atoms with Gasteiger partial charge in [0.25, 0.3) is 0 Å². The molecule has 0 bridgehead atoms. The summed E-state index contributed by atoms with van der Waals surface area (Å²) < 4.78 is 5.10. The predicted octanol–water partition coefficient (Wildman–Crippen LogP) is 4.29. The van der Waals surface area contributed by atoms with E-state index in [1.165, 1.54) is 18.4 Å². The highest BCUT2D eigenvalue weighted by atomic mass is 35.5. The quantitative estimate of drug-likeness (QED) is 0.914. The standard InChI is InChI=1S/C14H14ClNO3S/c1-7(2)13-16-11(14(17)18)12(20-13)8-4-5-10(19-3)9(15)6-8/h4-7H,1-3H3,(H,17,18). The first-order valence-corrected chi connectivity index (χ1v) is 7.21. The highest BCUT2D eigenvalue weighted by Crippen LogP contribution is 2.37. The van der Waals surface area contributed by atoms with E-state index in [0.29, 0.717) is 15.6 Å². The fourth-order valence-corrected chi connectivity index (χ4v) is 3.05. The molecule has 1 heterocycles. The maximum atomic E-state index is 11.3. The Hall–Kier alpha value is -1.59. The third-order valence-corrected chi connectivity index (χ3v) is 4.45. The number of rotatable bonds is 4. The lowest BCUT2D eigenvalue weighted by atomic mass is 10.1. The Morgan fingerprint density at radius 2 is 2.15 bits per heavy atom. The summed E-state index contributed by atoms with van der Waals surface area (Å²) in [6.45, 7) is 3.96. The third kappa shape index (κ3) is 2.78. The van der Waals surface area contributed by atoms with Crippen LogP contribution in [0.2, 0.25) is 5.02 Å². The number of carboxylic acids is 1. The van der Waals surface area contributed by atoms with E-state index in [0.717, 1.165) is 10.6 Å². The van der Waals surface area contributed by atoms with Crippen molar-refractivity contribution in [3.8, 4) is 16.2 Å². The fourth-order valence-electron chi connectivity index (χ4n) is 1.73. The van der Waals surface area contributed by atoms with Gasteiger partial charge in [-0.05, 0) is 23.8 Å². The average molecular weight is 312 g/mol. The van der Waals surface area contributed by atoms with Gasteiger partial charge < -0.3 is 9.84 Å². The lowest BCUT2D eigenvalue weighted by Crippen LogP contribution is -1.99. The summed E-state index contributed by atoms with van der Waals surface area (Å²) in [5.41, 5.74) is 0.803. The molecule has 0 radical (unpaired) electrons. The summed E-state index contributed by atoms with van der Waals surface area (Å²) in [5.74, 6) is -0.295. The molecule has 4 nitrogen and oxygen atoms in total. The van der Waals surface area contributed by atoms with Crippen molar-refractivity contribution in [1.29, 1.82) is 0 Å². The van der Waals surface area contributed by atoms with Gasteiger partial charge in [-0.15, -0.1) is 11.3 Å². The van der Waals surface area contributed by atoms with Crippen molar-refractivity contribution in [3.63, 3.8) is 0 Å². The molecule has 106 valence electrons. The van der Waals surface area contributed by atoms with Crippen LogP contribution in [-0.4, -0.2) is 23.2 Å². The normalized spacial score (nSPS) is 10.8. The SMILES string of the molecule is COc1ccc(-c2sc(C(C)C)nc2C(=O)O)cc1Cl. The second kappa shape index (κ2) is 5.81. The molecule has 1 aromatic heterocycles. The Morgan fingerprint density at radius 1 is 1.45 bits per heavy atom. The molecule has 2 aromatic rings. The number of carboxylic acid groups (broad SMARTS) is 1. The van der Waals surface area contributed by atoms with Crippen molar-refractivity contribution in [3.05, 3.63) is 33.9 Å². The fraction of sp³-hybridized carbons (Fsp3) is 0.286. The zero-order valence-electron chi connectivity index (χ0n) is 11.3. The molecule has 1 N–H and O–H groups in total. The first-order valence-electron chi connectivity index (χ1n) is 6.02. The van der Waals surface area contributed by atoms with E-state index in [1.807, 2.05) is 13.8 Å². The smallest absolute Gasteiger partial charge is 0.356 e. The monoisotopic (exact) mass is 311 g/mol. The van der Waals surface area contributed by atoms with Crippen LogP contribution in [0.1, 0.15) is 35.3 Å². The van der Waals surface area contributed by atoms with Gasteiger partial charge in [0, 0.05) is 5.92 Å². The van der Waals surface area contributed by atoms with Crippen LogP contribution in [0.15, 0.2) is 18.2 Å². The number of halogens is 1. The average Bonchev–Trinajstić information content (AvgIpc) is 2.84. The minimum atomic E-state index is -1.03. The molecule has 0 aliphatic rings. The first-order chi connectivity index (χ1) is 9.43. The van der Waals surface area contributed by atoms with Gasteiger partial charge in [-0.1, -0.05) is 25.4 Å². The van der Waals surface area contributed by atoms with Gasteiger partial charge in [-0.25, -0.2) is 9.78 Å². The van der Waals surface area contributed by atoms with Gasteiger partial charge in [0.05, 0.1) is 22.0 Å². The maximum Gasteiger partial charge on any atom is 0.356 e. The minimum Gasteiger partial charge on any atom is -0.495 e. The van der Waals surface area contributed by atoms with Crippen LogP contribution in [0, 0.1) is 0 Å². The number of benzene rings is 1. The van der Waals surface area contributed by atoms with Crippen molar-refractivity contribution in [2.75, 3.05) is 7.11 Å². The summed E-state index contributed by atoms with van der Waals surface area (Å²) >= 11 is 7.47. The van der Waals surface area contributed by atoms with Gasteiger partial charge in [-0.3, -0.25) is 0 Å². The molecule has 6 heteroatoms. The molecule has 0 aliphatic carbocycles. The van der Waals surface area contributed by atoms with Crippen molar-refractivity contribution in [2.24, 2.45) is 0 Å². The maximum absolute atomic E-state index is 11.3. The molecule has 1 aromatic carbocycles. The molecule has 20 heavy (non-hydrogen) atoms. The summed E-state index contributed by atoms with van der Waals surface area (Å²) in [4.78, 5) is 16.1. The summed E-state index contributed by atoms with van der Waals surface area (Å²) in [6, 6.07) is 5.21. The van der Waals surface area contributed by atoms with Crippen molar-refractivity contribution < 1.29 is 14.6 Å². The van der Waals surface area contributed by atoms with Crippen LogP contribution in [-0.2, 0) is 0 Å². The Balaban J connectivity index is 2.56. The minimum absolute atomic E-state index is 0.0694. The molecular formula is C14H14ClNO3S. The Labute approximate surface area is 126 Å². The number of ether oxygens (including phenoxy) is 1. The van der Waals surface area contributed by atoms with Crippen LogP contribution in [0.4, 0.5) is 0 Å². The molecule has 0 fully saturated rings. The van der Waals surface area contributed by atoms with Crippen LogP contribution in [0.25, 0.3) is 10.4 Å². The lowest BCUT2D eigenvalue weighted by Gasteiger charge is -2.05. The van der Waals surface area contributed by atoms with Crippen molar-refractivity contribution in [2.45, 2.75) is 19.8 Å². The summed E-state index contributed by atoms with van der Waals surface area (Å²) in [5, 5.41) is 10.5. The van der Waals surface area contributed by atoms with Gasteiger partial charge >= 0.3 is 5.97 Å². The van der Waals surface area contributed by atoms with E-state index in [4.69, 9.17) is 16.3 Å². The highest BCUT2D eigenvalue weighted by molar-refractivity contribution is 7.15. The van der Waals surface area contributed by atoms with E-state index in [9.17, 15) is 9.90 Å².